The molecule has 1 saturated carbocycles. The van der Waals surface area contributed by atoms with Crippen LogP contribution in [0.2, 0.25) is 0 Å². The third-order valence-electron chi connectivity index (χ3n) is 4.35. The fourth-order valence-corrected chi connectivity index (χ4v) is 3.12. The number of hydrogen-bond acceptors (Lipinski definition) is 2. The van der Waals surface area contributed by atoms with Crippen LogP contribution in [0.4, 0.5) is 0 Å². The molecule has 0 spiro atoms. The van der Waals surface area contributed by atoms with Crippen molar-refractivity contribution in [2.75, 3.05) is 7.11 Å². The molecule has 2 heteroatoms. The maximum Gasteiger partial charge on any atom is 0.123 e. The quantitative estimate of drug-likeness (QED) is 0.815. The van der Waals surface area contributed by atoms with Gasteiger partial charge in [-0.1, -0.05) is 38.0 Å². The molecule has 1 aliphatic carbocycles. The van der Waals surface area contributed by atoms with Gasteiger partial charge in [-0.3, -0.25) is 0 Å². The smallest absolute Gasteiger partial charge is 0.123 e. The Morgan fingerprint density at radius 2 is 1.95 bits per heavy atom. The molecular weight excluding hydrogens is 234 g/mol. The normalized spacial score (nSPS) is 25.6. The predicted octanol–water partition coefficient (Wildman–Crippen LogP) is 4.31. The summed E-state index contributed by atoms with van der Waals surface area (Å²) >= 11 is 0. The highest BCUT2D eigenvalue weighted by Crippen LogP contribution is 2.28. The fourth-order valence-electron chi connectivity index (χ4n) is 3.12. The van der Waals surface area contributed by atoms with Gasteiger partial charge in [0.1, 0.15) is 5.75 Å². The van der Waals surface area contributed by atoms with Gasteiger partial charge in [-0.2, -0.15) is 0 Å². The van der Waals surface area contributed by atoms with Crippen LogP contribution in [0.15, 0.2) is 24.3 Å². The molecule has 0 radical (unpaired) electrons. The van der Waals surface area contributed by atoms with E-state index in [9.17, 15) is 0 Å². The van der Waals surface area contributed by atoms with Crippen molar-refractivity contribution in [1.29, 1.82) is 0 Å². The van der Waals surface area contributed by atoms with Gasteiger partial charge < -0.3 is 10.1 Å². The van der Waals surface area contributed by atoms with E-state index >= 15 is 0 Å². The lowest BCUT2D eigenvalue weighted by Crippen LogP contribution is -2.31. The fraction of sp³-hybridized carbons (Fsp3) is 0.647. The van der Waals surface area contributed by atoms with Crippen LogP contribution in [0.3, 0.4) is 0 Å². The van der Waals surface area contributed by atoms with Crippen molar-refractivity contribution in [2.45, 2.75) is 58.0 Å². The van der Waals surface area contributed by atoms with Crippen LogP contribution in [0.5, 0.6) is 5.75 Å². The average Bonchev–Trinajstić information content (AvgIpc) is 2.63. The van der Waals surface area contributed by atoms with E-state index in [0.29, 0.717) is 12.1 Å². The maximum atomic E-state index is 5.46. The van der Waals surface area contributed by atoms with E-state index in [0.717, 1.165) is 11.7 Å². The summed E-state index contributed by atoms with van der Waals surface area (Å²) in [6.45, 7) is 4.62. The Morgan fingerprint density at radius 3 is 2.74 bits per heavy atom. The molecule has 1 aromatic carbocycles. The van der Waals surface area contributed by atoms with Crippen molar-refractivity contribution in [3.05, 3.63) is 29.8 Å². The van der Waals surface area contributed by atoms with Gasteiger partial charge in [-0.25, -0.2) is 0 Å². The number of rotatable bonds is 4. The zero-order valence-electron chi connectivity index (χ0n) is 12.5. The Labute approximate surface area is 117 Å². The molecule has 3 atom stereocenters. The number of benzene rings is 1. The summed E-state index contributed by atoms with van der Waals surface area (Å²) < 4.78 is 5.46. The van der Waals surface area contributed by atoms with Crippen LogP contribution in [-0.4, -0.2) is 13.2 Å². The second-order valence-electron chi connectivity index (χ2n) is 5.94. The average molecular weight is 261 g/mol. The number of methoxy groups -OCH3 is 1. The van der Waals surface area contributed by atoms with Crippen molar-refractivity contribution in [2.24, 2.45) is 5.92 Å². The highest BCUT2D eigenvalue weighted by atomic mass is 16.5. The van der Waals surface area contributed by atoms with Gasteiger partial charge in [0.25, 0.3) is 0 Å². The largest absolute Gasteiger partial charge is 0.496 e. The highest BCUT2D eigenvalue weighted by Gasteiger charge is 2.19. The summed E-state index contributed by atoms with van der Waals surface area (Å²) in [7, 11) is 1.75. The second-order valence-corrected chi connectivity index (χ2v) is 5.94. The second kappa shape index (κ2) is 6.95. The molecule has 0 aliphatic heterocycles. The molecule has 106 valence electrons. The summed E-state index contributed by atoms with van der Waals surface area (Å²) in [5, 5.41) is 3.79. The lowest BCUT2D eigenvalue weighted by molar-refractivity contribution is 0.379. The van der Waals surface area contributed by atoms with Gasteiger partial charge in [0.2, 0.25) is 0 Å². The Bertz CT molecular complexity index is 391. The van der Waals surface area contributed by atoms with Crippen LogP contribution >= 0.6 is 0 Å². The van der Waals surface area contributed by atoms with Gasteiger partial charge in [-0.15, -0.1) is 0 Å². The molecule has 0 saturated heterocycles. The zero-order valence-corrected chi connectivity index (χ0v) is 12.5. The molecule has 0 bridgehead atoms. The molecule has 0 amide bonds. The Hall–Kier alpha value is -1.02. The van der Waals surface area contributed by atoms with E-state index in [1.54, 1.807) is 7.11 Å². The number of nitrogens with one attached hydrogen (secondary N) is 1. The maximum absolute atomic E-state index is 5.46. The first kappa shape index (κ1) is 14.4. The predicted molar refractivity (Wildman–Crippen MR) is 80.6 cm³/mol. The first-order valence-electron chi connectivity index (χ1n) is 7.59. The molecular formula is C17H27NO. The molecule has 0 heterocycles. The topological polar surface area (TPSA) is 21.3 Å². The molecule has 1 aliphatic rings. The van der Waals surface area contributed by atoms with Crippen molar-refractivity contribution < 1.29 is 4.74 Å². The SMILES string of the molecule is COc1ccccc1[C@H](C)NC1CCCC(C)CC1. The molecule has 1 aromatic rings. The molecule has 0 aromatic heterocycles. The van der Waals surface area contributed by atoms with Crippen LogP contribution in [-0.2, 0) is 0 Å². The molecule has 2 nitrogen and oxygen atoms in total. The van der Waals surface area contributed by atoms with Crippen LogP contribution in [0.1, 0.15) is 57.6 Å². The third kappa shape index (κ3) is 3.97. The van der Waals surface area contributed by atoms with E-state index in [1.165, 1.54) is 37.7 Å². The zero-order chi connectivity index (χ0) is 13.7. The van der Waals surface area contributed by atoms with Crippen LogP contribution < -0.4 is 10.1 Å². The van der Waals surface area contributed by atoms with Gasteiger partial charge >= 0.3 is 0 Å². The third-order valence-corrected chi connectivity index (χ3v) is 4.35. The van der Waals surface area contributed by atoms with Crippen molar-refractivity contribution >= 4 is 0 Å². The summed E-state index contributed by atoms with van der Waals surface area (Å²) in [5.41, 5.74) is 1.27. The lowest BCUT2D eigenvalue weighted by atomic mass is 10.0. The minimum Gasteiger partial charge on any atom is -0.496 e. The standard InChI is InChI=1S/C17H27NO/c1-13-7-6-8-15(12-11-13)18-14(2)16-9-4-5-10-17(16)19-3/h4-5,9-10,13-15,18H,6-8,11-12H2,1-3H3/t13?,14-,15?/m0/s1. The molecule has 1 N–H and O–H groups in total. The summed E-state index contributed by atoms with van der Waals surface area (Å²) in [6, 6.07) is 9.34. The molecule has 2 unspecified atom stereocenters. The number of ether oxygens (including phenoxy) is 1. The number of hydrogen-bond donors (Lipinski definition) is 1. The van der Waals surface area contributed by atoms with E-state index in [-0.39, 0.29) is 0 Å². The summed E-state index contributed by atoms with van der Waals surface area (Å²) in [6.07, 6.45) is 6.72. The lowest BCUT2D eigenvalue weighted by Gasteiger charge is -2.23. The van der Waals surface area contributed by atoms with E-state index < -0.39 is 0 Å². The summed E-state index contributed by atoms with van der Waals surface area (Å²) in [4.78, 5) is 0. The van der Waals surface area contributed by atoms with Crippen molar-refractivity contribution in [1.82, 2.24) is 5.32 Å². The first-order chi connectivity index (χ1) is 9.20. The minimum atomic E-state index is 0.356. The number of para-hydroxylation sites is 1. The van der Waals surface area contributed by atoms with E-state index in [2.05, 4.69) is 31.3 Å². The molecule has 1 fully saturated rings. The highest BCUT2D eigenvalue weighted by molar-refractivity contribution is 5.35. The van der Waals surface area contributed by atoms with Crippen LogP contribution in [0.25, 0.3) is 0 Å². The molecule has 19 heavy (non-hydrogen) atoms. The van der Waals surface area contributed by atoms with E-state index in [4.69, 9.17) is 4.74 Å². The Balaban J connectivity index is 1.98. The summed E-state index contributed by atoms with van der Waals surface area (Å²) in [5.74, 6) is 1.89. The Kier molecular flexibility index (Phi) is 5.26. The Morgan fingerprint density at radius 1 is 1.16 bits per heavy atom. The minimum absolute atomic E-state index is 0.356. The van der Waals surface area contributed by atoms with E-state index in [1.807, 2.05) is 12.1 Å². The van der Waals surface area contributed by atoms with Gasteiger partial charge in [0.05, 0.1) is 7.11 Å². The molecule has 2 rings (SSSR count). The van der Waals surface area contributed by atoms with Gasteiger partial charge in [0, 0.05) is 17.6 Å². The first-order valence-corrected chi connectivity index (χ1v) is 7.59. The van der Waals surface area contributed by atoms with Gasteiger partial charge in [-0.05, 0) is 38.2 Å². The van der Waals surface area contributed by atoms with Crippen molar-refractivity contribution in [3.63, 3.8) is 0 Å². The van der Waals surface area contributed by atoms with Gasteiger partial charge in [0.15, 0.2) is 0 Å². The van der Waals surface area contributed by atoms with Crippen molar-refractivity contribution in [3.8, 4) is 5.75 Å². The van der Waals surface area contributed by atoms with Crippen LogP contribution in [0, 0.1) is 5.92 Å². The monoisotopic (exact) mass is 261 g/mol.